The first-order chi connectivity index (χ1) is 9.97. The molecule has 0 amide bonds. The molecule has 116 valence electrons. The zero-order valence-corrected chi connectivity index (χ0v) is 13.5. The van der Waals surface area contributed by atoms with Crippen LogP contribution in [0.5, 0.6) is 0 Å². The summed E-state index contributed by atoms with van der Waals surface area (Å²) in [5.74, 6) is -0.302. The van der Waals surface area contributed by atoms with Crippen LogP contribution in [0, 0.1) is 5.82 Å². The van der Waals surface area contributed by atoms with Crippen LogP contribution in [0.4, 0.5) is 4.39 Å². The summed E-state index contributed by atoms with van der Waals surface area (Å²) in [6.07, 6.45) is 6.47. The number of nitrogens with zero attached hydrogens (tertiary/aromatic N) is 1. The highest BCUT2D eigenvalue weighted by atomic mass is 35.5. The Hall–Kier alpha value is -0.930. The molecule has 0 radical (unpaired) electrons. The first-order valence-electron chi connectivity index (χ1n) is 7.61. The largest absolute Gasteiger partial charge is 0.297 e. The Bertz CT molecular complexity index is 508. The average molecular weight is 312 g/mol. The summed E-state index contributed by atoms with van der Waals surface area (Å²) >= 11 is 5.99. The van der Waals surface area contributed by atoms with E-state index in [0.717, 1.165) is 25.7 Å². The Morgan fingerprint density at radius 1 is 1.24 bits per heavy atom. The second-order valence-electron chi connectivity index (χ2n) is 6.15. The van der Waals surface area contributed by atoms with E-state index in [4.69, 9.17) is 11.6 Å². The molecule has 0 saturated heterocycles. The fourth-order valence-corrected chi connectivity index (χ4v) is 3.50. The minimum absolute atomic E-state index is 0.0772. The zero-order valence-electron chi connectivity index (χ0n) is 12.8. The summed E-state index contributed by atoms with van der Waals surface area (Å²) < 4.78 is 13.5. The molecule has 0 aromatic heterocycles. The van der Waals surface area contributed by atoms with Crippen molar-refractivity contribution in [2.75, 3.05) is 14.1 Å². The molecule has 0 heterocycles. The van der Waals surface area contributed by atoms with E-state index in [9.17, 15) is 9.18 Å². The summed E-state index contributed by atoms with van der Waals surface area (Å²) in [6, 6.07) is 4.67. The number of benzene rings is 1. The van der Waals surface area contributed by atoms with Gasteiger partial charge >= 0.3 is 0 Å². The van der Waals surface area contributed by atoms with Gasteiger partial charge in [0, 0.05) is 6.42 Å². The Balaban J connectivity index is 2.25. The van der Waals surface area contributed by atoms with Crippen molar-refractivity contribution in [3.8, 4) is 0 Å². The Morgan fingerprint density at radius 2 is 1.86 bits per heavy atom. The molecule has 1 aromatic rings. The lowest BCUT2D eigenvalue weighted by Gasteiger charge is -2.38. The molecule has 1 aliphatic carbocycles. The predicted molar refractivity (Wildman–Crippen MR) is 84.2 cm³/mol. The second kappa shape index (κ2) is 6.89. The van der Waals surface area contributed by atoms with Gasteiger partial charge < -0.3 is 0 Å². The molecule has 4 heteroatoms. The van der Waals surface area contributed by atoms with Gasteiger partial charge in [-0.25, -0.2) is 4.39 Å². The van der Waals surface area contributed by atoms with E-state index in [1.165, 1.54) is 18.9 Å². The third-order valence-electron chi connectivity index (χ3n) is 4.69. The van der Waals surface area contributed by atoms with Crippen LogP contribution >= 0.6 is 11.6 Å². The number of Topliss-reactive ketones (excluding diaryl/α,β-unsaturated/α-hetero) is 1. The summed E-state index contributed by atoms with van der Waals surface area (Å²) in [5, 5.41) is 0.0772. The van der Waals surface area contributed by atoms with E-state index >= 15 is 0 Å². The van der Waals surface area contributed by atoms with E-state index in [-0.39, 0.29) is 17.2 Å². The van der Waals surface area contributed by atoms with Gasteiger partial charge in [0.05, 0.1) is 10.6 Å². The Morgan fingerprint density at radius 3 is 2.43 bits per heavy atom. The second-order valence-corrected chi connectivity index (χ2v) is 6.53. The molecule has 2 rings (SSSR count). The Kier molecular flexibility index (Phi) is 5.39. The number of likely N-dealkylation sites (N-methyl/N-ethyl adjacent to an activating group) is 1. The van der Waals surface area contributed by atoms with Crippen LogP contribution in [0.15, 0.2) is 18.2 Å². The van der Waals surface area contributed by atoms with Crippen molar-refractivity contribution in [2.45, 2.75) is 50.5 Å². The van der Waals surface area contributed by atoms with Gasteiger partial charge in [-0.05, 0) is 38.6 Å². The molecular weight excluding hydrogens is 289 g/mol. The van der Waals surface area contributed by atoms with Gasteiger partial charge in [-0.1, -0.05) is 49.4 Å². The van der Waals surface area contributed by atoms with Crippen LogP contribution in [-0.2, 0) is 11.2 Å². The van der Waals surface area contributed by atoms with Crippen LogP contribution < -0.4 is 0 Å². The summed E-state index contributed by atoms with van der Waals surface area (Å²) in [5.41, 5.74) is 0.165. The standard InChI is InChI=1S/C17H23ClFNO/c1-20(2)17(10-5-3-4-6-11-17)15(21)12-13-8-7-9-14(19)16(13)18/h7-9H,3-6,10-12H2,1-2H3. The highest BCUT2D eigenvalue weighted by Gasteiger charge is 2.40. The van der Waals surface area contributed by atoms with E-state index < -0.39 is 11.4 Å². The van der Waals surface area contributed by atoms with Gasteiger partial charge in [-0.15, -0.1) is 0 Å². The highest BCUT2D eigenvalue weighted by Crippen LogP contribution is 2.33. The quantitative estimate of drug-likeness (QED) is 0.775. The average Bonchev–Trinajstić information content (AvgIpc) is 2.70. The fourth-order valence-electron chi connectivity index (χ4n) is 3.31. The minimum Gasteiger partial charge on any atom is -0.297 e. The molecule has 1 aromatic carbocycles. The third-order valence-corrected chi connectivity index (χ3v) is 5.11. The minimum atomic E-state index is -0.457. The van der Waals surface area contributed by atoms with Crippen molar-refractivity contribution in [3.05, 3.63) is 34.6 Å². The topological polar surface area (TPSA) is 20.3 Å². The van der Waals surface area contributed by atoms with Gasteiger partial charge in [0.1, 0.15) is 5.82 Å². The lowest BCUT2D eigenvalue weighted by molar-refractivity contribution is -0.130. The van der Waals surface area contributed by atoms with Crippen molar-refractivity contribution in [1.29, 1.82) is 0 Å². The summed E-state index contributed by atoms with van der Waals surface area (Å²) in [4.78, 5) is 15.0. The molecule has 0 N–H and O–H groups in total. The molecule has 2 nitrogen and oxygen atoms in total. The molecule has 21 heavy (non-hydrogen) atoms. The molecule has 1 fully saturated rings. The van der Waals surface area contributed by atoms with Crippen molar-refractivity contribution < 1.29 is 9.18 Å². The molecule has 0 atom stereocenters. The lowest BCUT2D eigenvalue weighted by atomic mass is 9.82. The van der Waals surface area contributed by atoms with E-state index in [0.29, 0.717) is 5.56 Å². The maximum atomic E-state index is 13.5. The Labute approximate surface area is 131 Å². The highest BCUT2D eigenvalue weighted by molar-refractivity contribution is 6.31. The predicted octanol–water partition coefficient (Wildman–Crippen LogP) is 4.25. The van der Waals surface area contributed by atoms with Crippen molar-refractivity contribution in [2.24, 2.45) is 0 Å². The number of carbonyl (C=O) groups excluding carboxylic acids is 1. The van der Waals surface area contributed by atoms with Gasteiger partial charge in [0.15, 0.2) is 5.78 Å². The summed E-state index contributed by atoms with van der Waals surface area (Å²) in [6.45, 7) is 0. The van der Waals surface area contributed by atoms with Crippen LogP contribution in [0.1, 0.15) is 44.1 Å². The monoisotopic (exact) mass is 311 g/mol. The van der Waals surface area contributed by atoms with Crippen LogP contribution in [0.3, 0.4) is 0 Å². The van der Waals surface area contributed by atoms with Crippen molar-refractivity contribution in [3.63, 3.8) is 0 Å². The van der Waals surface area contributed by atoms with Crippen LogP contribution in [0.2, 0.25) is 5.02 Å². The van der Waals surface area contributed by atoms with Gasteiger partial charge in [0.2, 0.25) is 0 Å². The SMILES string of the molecule is CN(C)C1(C(=O)Cc2cccc(F)c2Cl)CCCCCC1. The first-order valence-corrected chi connectivity index (χ1v) is 7.99. The lowest BCUT2D eigenvalue weighted by Crippen LogP contribution is -2.51. The third kappa shape index (κ3) is 3.46. The number of ketones is 1. The van der Waals surface area contributed by atoms with Gasteiger partial charge in [-0.2, -0.15) is 0 Å². The van der Waals surface area contributed by atoms with Crippen molar-refractivity contribution in [1.82, 2.24) is 4.90 Å². The molecule has 0 spiro atoms. The molecular formula is C17H23ClFNO. The molecule has 0 aliphatic heterocycles. The first kappa shape index (κ1) is 16.4. The van der Waals surface area contributed by atoms with E-state index in [1.54, 1.807) is 12.1 Å². The molecule has 1 saturated carbocycles. The van der Waals surface area contributed by atoms with Crippen LogP contribution in [0.25, 0.3) is 0 Å². The molecule has 1 aliphatic rings. The van der Waals surface area contributed by atoms with Gasteiger partial charge in [-0.3, -0.25) is 9.69 Å². The number of halogens is 2. The zero-order chi connectivity index (χ0) is 15.5. The maximum Gasteiger partial charge on any atom is 0.157 e. The number of hydrogen-bond donors (Lipinski definition) is 0. The van der Waals surface area contributed by atoms with E-state index in [1.807, 2.05) is 19.0 Å². The summed E-state index contributed by atoms with van der Waals surface area (Å²) in [7, 11) is 3.94. The van der Waals surface area contributed by atoms with Gasteiger partial charge in [0.25, 0.3) is 0 Å². The normalized spacial score (nSPS) is 18.5. The molecule has 0 bridgehead atoms. The van der Waals surface area contributed by atoms with E-state index in [2.05, 4.69) is 0 Å². The van der Waals surface area contributed by atoms with Crippen molar-refractivity contribution >= 4 is 17.4 Å². The number of rotatable bonds is 4. The number of carbonyl (C=O) groups is 1. The fraction of sp³-hybridized carbons (Fsp3) is 0.588. The molecule has 0 unspecified atom stereocenters. The maximum absolute atomic E-state index is 13.5. The van der Waals surface area contributed by atoms with Crippen LogP contribution in [-0.4, -0.2) is 30.3 Å². The smallest absolute Gasteiger partial charge is 0.157 e. The number of hydrogen-bond acceptors (Lipinski definition) is 2.